The summed E-state index contributed by atoms with van der Waals surface area (Å²) in [7, 11) is 0. The first-order valence-electron chi connectivity index (χ1n) is 6.27. The average Bonchev–Trinajstić information content (AvgIpc) is 2.91. The average molecular weight is 284 g/mol. The Morgan fingerprint density at radius 2 is 2.10 bits per heavy atom. The van der Waals surface area contributed by atoms with Crippen LogP contribution in [0.25, 0.3) is 20.8 Å². The van der Waals surface area contributed by atoms with Crippen molar-refractivity contribution in [3.8, 4) is 10.6 Å². The molecule has 20 heavy (non-hydrogen) atoms. The van der Waals surface area contributed by atoms with E-state index in [0.717, 1.165) is 20.8 Å². The molecule has 100 valence electrons. The normalized spacial score (nSPS) is 10.7. The summed E-state index contributed by atoms with van der Waals surface area (Å²) in [6.07, 6.45) is 1.62. The lowest BCUT2D eigenvalue weighted by molar-refractivity contribution is 0.0520. The Hall–Kier alpha value is -2.27. The Kier molecular flexibility index (Phi) is 3.43. The summed E-state index contributed by atoms with van der Waals surface area (Å²) in [6, 6.07) is 11.7. The zero-order valence-corrected chi connectivity index (χ0v) is 11.7. The van der Waals surface area contributed by atoms with Gasteiger partial charge in [-0.25, -0.2) is 14.8 Å². The van der Waals surface area contributed by atoms with Gasteiger partial charge in [0.15, 0.2) is 0 Å². The molecule has 0 aliphatic carbocycles. The van der Waals surface area contributed by atoms with Gasteiger partial charge in [-0.05, 0) is 13.0 Å². The van der Waals surface area contributed by atoms with Gasteiger partial charge >= 0.3 is 5.97 Å². The number of esters is 1. The molecular formula is C15H12N2O2S. The van der Waals surface area contributed by atoms with Gasteiger partial charge in [-0.2, -0.15) is 0 Å². The summed E-state index contributed by atoms with van der Waals surface area (Å²) < 4.78 is 5.88. The third kappa shape index (κ3) is 2.40. The fourth-order valence-corrected chi connectivity index (χ4v) is 2.83. The van der Waals surface area contributed by atoms with Gasteiger partial charge in [0.05, 0.1) is 17.5 Å². The number of rotatable bonds is 3. The summed E-state index contributed by atoms with van der Waals surface area (Å²) in [5, 5.41) is 0.920. The van der Waals surface area contributed by atoms with E-state index in [1.807, 2.05) is 30.3 Å². The Balaban J connectivity index is 2.02. The molecular weight excluding hydrogens is 272 g/mol. The summed E-state index contributed by atoms with van der Waals surface area (Å²) in [4.78, 5) is 20.3. The van der Waals surface area contributed by atoms with Gasteiger partial charge in [-0.1, -0.05) is 30.3 Å². The Morgan fingerprint density at radius 3 is 2.85 bits per heavy atom. The van der Waals surface area contributed by atoms with Crippen molar-refractivity contribution in [1.82, 2.24) is 9.97 Å². The van der Waals surface area contributed by atoms with Gasteiger partial charge in [0.25, 0.3) is 0 Å². The molecule has 0 N–H and O–H groups in total. The van der Waals surface area contributed by atoms with E-state index in [0.29, 0.717) is 12.3 Å². The van der Waals surface area contributed by atoms with Crippen LogP contribution in [0.5, 0.6) is 0 Å². The van der Waals surface area contributed by atoms with Crippen LogP contribution in [0.3, 0.4) is 0 Å². The number of hydrogen-bond donors (Lipinski definition) is 0. The predicted molar refractivity (Wildman–Crippen MR) is 78.8 cm³/mol. The minimum atomic E-state index is -0.399. The van der Waals surface area contributed by atoms with Gasteiger partial charge in [-0.15, -0.1) is 11.3 Å². The third-order valence-corrected chi connectivity index (χ3v) is 3.85. The molecule has 0 fully saturated rings. The van der Waals surface area contributed by atoms with E-state index in [9.17, 15) is 4.79 Å². The maximum absolute atomic E-state index is 11.7. The number of benzene rings is 1. The van der Waals surface area contributed by atoms with E-state index in [1.54, 1.807) is 30.5 Å². The molecule has 0 aliphatic heterocycles. The van der Waals surface area contributed by atoms with Crippen molar-refractivity contribution < 1.29 is 9.53 Å². The first-order valence-corrected chi connectivity index (χ1v) is 7.08. The van der Waals surface area contributed by atoms with Crippen molar-refractivity contribution in [2.24, 2.45) is 0 Å². The fourth-order valence-electron chi connectivity index (χ4n) is 1.85. The van der Waals surface area contributed by atoms with Crippen LogP contribution in [0.4, 0.5) is 0 Å². The second kappa shape index (κ2) is 5.38. The van der Waals surface area contributed by atoms with Gasteiger partial charge in [0, 0.05) is 5.56 Å². The molecule has 3 rings (SSSR count). The van der Waals surface area contributed by atoms with Crippen molar-refractivity contribution >= 4 is 27.5 Å². The first kappa shape index (κ1) is 12.7. The van der Waals surface area contributed by atoms with Gasteiger partial charge in [-0.3, -0.25) is 0 Å². The number of pyridine rings is 1. The molecule has 0 saturated carbocycles. The minimum Gasteiger partial charge on any atom is -0.461 e. The summed E-state index contributed by atoms with van der Waals surface area (Å²) in [5.41, 5.74) is 2.18. The number of carbonyl (C=O) groups excluding carboxylic acids is 1. The molecule has 3 aromatic rings. The molecule has 0 bridgehead atoms. The summed E-state index contributed by atoms with van der Waals surface area (Å²) in [6.45, 7) is 2.12. The van der Waals surface area contributed by atoms with Gasteiger partial charge in [0.2, 0.25) is 0 Å². The number of carbonyl (C=O) groups is 1. The van der Waals surface area contributed by atoms with Crippen LogP contribution in [0, 0.1) is 0 Å². The van der Waals surface area contributed by atoms with Crippen molar-refractivity contribution in [3.63, 3.8) is 0 Å². The van der Waals surface area contributed by atoms with Crippen LogP contribution >= 0.6 is 11.3 Å². The van der Waals surface area contributed by atoms with Crippen molar-refractivity contribution in [2.75, 3.05) is 6.61 Å². The third-order valence-electron chi connectivity index (χ3n) is 2.78. The van der Waals surface area contributed by atoms with Crippen molar-refractivity contribution in [2.45, 2.75) is 6.92 Å². The van der Waals surface area contributed by atoms with Gasteiger partial charge in [0.1, 0.15) is 16.2 Å². The maximum Gasteiger partial charge on any atom is 0.356 e. The van der Waals surface area contributed by atoms with E-state index < -0.39 is 5.97 Å². The highest BCUT2D eigenvalue weighted by atomic mass is 32.1. The molecule has 2 aromatic heterocycles. The smallest absolute Gasteiger partial charge is 0.356 e. The van der Waals surface area contributed by atoms with Crippen LogP contribution in [0.15, 0.2) is 42.6 Å². The summed E-state index contributed by atoms with van der Waals surface area (Å²) >= 11 is 1.54. The molecule has 1 aromatic carbocycles. The molecule has 0 spiro atoms. The topological polar surface area (TPSA) is 52.1 Å². The molecule has 5 heteroatoms. The maximum atomic E-state index is 11.7. The standard InChI is InChI=1S/C15H12N2O2S/c1-2-19-15(18)11-8-13-12(9-16-11)17-14(20-13)10-6-4-3-5-7-10/h3-9H,2H2,1H3. The van der Waals surface area contributed by atoms with E-state index >= 15 is 0 Å². The van der Waals surface area contributed by atoms with Crippen LogP contribution in [0.1, 0.15) is 17.4 Å². The molecule has 0 amide bonds. The molecule has 0 saturated heterocycles. The number of aromatic nitrogens is 2. The molecule has 0 radical (unpaired) electrons. The van der Waals surface area contributed by atoms with E-state index in [-0.39, 0.29) is 0 Å². The SMILES string of the molecule is CCOC(=O)c1cc2sc(-c3ccccc3)nc2cn1. The fraction of sp³-hybridized carbons (Fsp3) is 0.133. The highest BCUT2D eigenvalue weighted by Crippen LogP contribution is 2.29. The second-order valence-electron chi connectivity index (χ2n) is 4.14. The van der Waals surface area contributed by atoms with Crippen LogP contribution in [-0.2, 0) is 4.74 Å². The lowest BCUT2D eigenvalue weighted by Crippen LogP contribution is -2.06. The highest BCUT2D eigenvalue weighted by Gasteiger charge is 2.12. The quantitative estimate of drug-likeness (QED) is 0.690. The van der Waals surface area contributed by atoms with Crippen LogP contribution in [0.2, 0.25) is 0 Å². The number of ether oxygens (including phenoxy) is 1. The second-order valence-corrected chi connectivity index (χ2v) is 5.17. The van der Waals surface area contributed by atoms with Crippen LogP contribution in [-0.4, -0.2) is 22.5 Å². The Labute approximate surface area is 120 Å². The molecule has 0 atom stereocenters. The number of nitrogens with zero attached hydrogens (tertiary/aromatic N) is 2. The van der Waals surface area contributed by atoms with Crippen molar-refractivity contribution in [1.29, 1.82) is 0 Å². The molecule has 0 aliphatic rings. The number of thiazole rings is 1. The predicted octanol–water partition coefficient (Wildman–Crippen LogP) is 3.54. The number of fused-ring (bicyclic) bond motifs is 1. The summed E-state index contributed by atoms with van der Waals surface area (Å²) in [5.74, 6) is -0.399. The zero-order chi connectivity index (χ0) is 13.9. The van der Waals surface area contributed by atoms with E-state index in [4.69, 9.17) is 4.74 Å². The zero-order valence-electron chi connectivity index (χ0n) is 10.9. The monoisotopic (exact) mass is 284 g/mol. The lowest BCUT2D eigenvalue weighted by atomic mass is 10.2. The largest absolute Gasteiger partial charge is 0.461 e. The Morgan fingerprint density at radius 1 is 1.30 bits per heavy atom. The Bertz CT molecular complexity index is 753. The lowest BCUT2D eigenvalue weighted by Gasteiger charge is -1.99. The van der Waals surface area contributed by atoms with Crippen LogP contribution < -0.4 is 0 Å². The number of hydrogen-bond acceptors (Lipinski definition) is 5. The molecule has 2 heterocycles. The van der Waals surface area contributed by atoms with Gasteiger partial charge < -0.3 is 4.74 Å². The molecule has 0 unspecified atom stereocenters. The minimum absolute atomic E-state index is 0.322. The van der Waals surface area contributed by atoms with Crippen molar-refractivity contribution in [3.05, 3.63) is 48.3 Å². The van der Waals surface area contributed by atoms with E-state index in [2.05, 4.69) is 9.97 Å². The molecule has 4 nitrogen and oxygen atoms in total. The van der Waals surface area contributed by atoms with E-state index in [1.165, 1.54) is 0 Å². The highest BCUT2D eigenvalue weighted by molar-refractivity contribution is 7.21. The first-order chi connectivity index (χ1) is 9.78.